The summed E-state index contributed by atoms with van der Waals surface area (Å²) in [5.41, 5.74) is 1.38. The van der Waals surface area contributed by atoms with Crippen LogP contribution in [0.3, 0.4) is 0 Å². The second kappa shape index (κ2) is 5.38. The first-order valence-electron chi connectivity index (χ1n) is 6.52. The summed E-state index contributed by atoms with van der Waals surface area (Å²) in [6, 6.07) is 6.23. The molecule has 2 aromatic rings. The molecule has 102 valence electrons. The van der Waals surface area contributed by atoms with Crippen molar-refractivity contribution in [3.63, 3.8) is 0 Å². The second-order valence-electron chi connectivity index (χ2n) is 5.41. The van der Waals surface area contributed by atoms with E-state index in [2.05, 4.69) is 51.4 Å². The average molecular weight is 341 g/mol. The van der Waals surface area contributed by atoms with Crippen LogP contribution in [0.15, 0.2) is 22.7 Å². The first-order valence-corrected chi connectivity index (χ1v) is 8.13. The number of thiazole rings is 1. The van der Waals surface area contributed by atoms with Crippen LogP contribution in [0.2, 0.25) is 0 Å². The highest BCUT2D eigenvalue weighted by Crippen LogP contribution is 2.32. The summed E-state index contributed by atoms with van der Waals surface area (Å²) in [5.74, 6) is 0. The third-order valence-electron chi connectivity index (χ3n) is 3.72. The van der Waals surface area contributed by atoms with Gasteiger partial charge in [0, 0.05) is 24.2 Å². The smallest absolute Gasteiger partial charge is 0.183 e. The molecule has 1 fully saturated rings. The summed E-state index contributed by atoms with van der Waals surface area (Å²) in [7, 11) is 0. The zero-order chi connectivity index (χ0) is 13.3. The third-order valence-corrected chi connectivity index (χ3v) is 5.20. The predicted molar refractivity (Wildman–Crippen MR) is 84.0 cm³/mol. The number of aromatic nitrogens is 1. The van der Waals surface area contributed by atoms with Crippen molar-refractivity contribution in [2.75, 3.05) is 25.1 Å². The van der Waals surface area contributed by atoms with Gasteiger partial charge in [0.15, 0.2) is 5.13 Å². The van der Waals surface area contributed by atoms with Crippen molar-refractivity contribution >= 4 is 42.6 Å². The molecule has 1 aromatic heterocycles. The molecule has 0 aliphatic carbocycles. The highest BCUT2D eigenvalue weighted by atomic mass is 79.9. The number of hydrogen-bond donors (Lipinski definition) is 1. The zero-order valence-electron chi connectivity index (χ0n) is 10.9. The number of nitrogens with zero attached hydrogens (tertiary/aromatic N) is 1. The summed E-state index contributed by atoms with van der Waals surface area (Å²) in [5, 5.41) is 4.51. The highest BCUT2D eigenvalue weighted by molar-refractivity contribution is 9.10. The van der Waals surface area contributed by atoms with Gasteiger partial charge in [0.05, 0.1) is 10.2 Å². The Morgan fingerprint density at radius 2 is 2.21 bits per heavy atom. The Balaban J connectivity index is 1.71. The van der Waals surface area contributed by atoms with Gasteiger partial charge in [-0.1, -0.05) is 34.2 Å². The van der Waals surface area contributed by atoms with Crippen LogP contribution in [-0.2, 0) is 4.74 Å². The maximum absolute atomic E-state index is 5.43. The number of fused-ring (bicyclic) bond motifs is 1. The molecule has 0 saturated carbocycles. The Bertz CT molecular complexity index is 578. The minimum Gasteiger partial charge on any atom is -0.381 e. The molecule has 19 heavy (non-hydrogen) atoms. The number of halogens is 1. The molecule has 2 heterocycles. The summed E-state index contributed by atoms with van der Waals surface area (Å²) < 4.78 is 7.73. The molecule has 1 N–H and O–H groups in total. The van der Waals surface area contributed by atoms with E-state index in [0.717, 1.165) is 47.7 Å². The maximum Gasteiger partial charge on any atom is 0.183 e. The normalized spacial score (nSPS) is 18.6. The lowest BCUT2D eigenvalue weighted by molar-refractivity contribution is 0.0300. The van der Waals surface area contributed by atoms with E-state index in [0.29, 0.717) is 5.41 Å². The number of anilines is 1. The quantitative estimate of drug-likeness (QED) is 0.904. The van der Waals surface area contributed by atoms with Crippen molar-refractivity contribution in [1.29, 1.82) is 0 Å². The fourth-order valence-corrected chi connectivity index (χ4v) is 3.50. The number of rotatable bonds is 3. The molecule has 3 nitrogen and oxygen atoms in total. The number of nitrogens with one attached hydrogen (secondary N) is 1. The monoisotopic (exact) mass is 340 g/mol. The molecule has 5 heteroatoms. The Kier molecular flexibility index (Phi) is 3.78. The molecule has 0 radical (unpaired) electrons. The molecule has 3 rings (SSSR count). The van der Waals surface area contributed by atoms with Crippen molar-refractivity contribution in [2.45, 2.75) is 19.8 Å². The van der Waals surface area contributed by atoms with E-state index in [4.69, 9.17) is 4.74 Å². The first kappa shape index (κ1) is 13.3. The van der Waals surface area contributed by atoms with Gasteiger partial charge >= 0.3 is 0 Å². The third kappa shape index (κ3) is 3.09. The molecule has 0 spiro atoms. The van der Waals surface area contributed by atoms with E-state index in [1.165, 1.54) is 4.70 Å². The molecule has 0 atom stereocenters. The Morgan fingerprint density at radius 1 is 1.42 bits per heavy atom. The molecular weight excluding hydrogens is 324 g/mol. The second-order valence-corrected chi connectivity index (χ2v) is 7.35. The topological polar surface area (TPSA) is 34.2 Å². The van der Waals surface area contributed by atoms with Crippen LogP contribution in [0.1, 0.15) is 19.8 Å². The van der Waals surface area contributed by atoms with Crippen LogP contribution in [0.4, 0.5) is 5.13 Å². The Labute approximate surface area is 125 Å². The molecule has 1 aromatic carbocycles. The number of benzene rings is 1. The Hall–Kier alpha value is -0.650. The van der Waals surface area contributed by atoms with E-state index in [9.17, 15) is 0 Å². The lowest BCUT2D eigenvalue weighted by atomic mass is 9.82. The van der Waals surface area contributed by atoms with Gasteiger partial charge in [-0.25, -0.2) is 4.98 Å². The lowest BCUT2D eigenvalue weighted by Gasteiger charge is -2.33. The minimum atomic E-state index is 0.330. The van der Waals surface area contributed by atoms with Gasteiger partial charge in [0.1, 0.15) is 0 Å². The van der Waals surface area contributed by atoms with Crippen LogP contribution >= 0.6 is 27.3 Å². The van der Waals surface area contributed by atoms with Crippen LogP contribution < -0.4 is 5.32 Å². The number of hydrogen-bond acceptors (Lipinski definition) is 4. The van der Waals surface area contributed by atoms with Crippen molar-refractivity contribution in [3.8, 4) is 0 Å². The summed E-state index contributed by atoms with van der Waals surface area (Å²) in [6.45, 7) is 5.06. The lowest BCUT2D eigenvalue weighted by Crippen LogP contribution is -2.33. The van der Waals surface area contributed by atoms with E-state index in [-0.39, 0.29) is 0 Å². The van der Waals surface area contributed by atoms with Crippen LogP contribution in [0, 0.1) is 5.41 Å². The summed E-state index contributed by atoms with van der Waals surface area (Å²) in [6.07, 6.45) is 2.24. The maximum atomic E-state index is 5.43. The fraction of sp³-hybridized carbons (Fsp3) is 0.500. The fourth-order valence-electron chi connectivity index (χ4n) is 2.31. The zero-order valence-corrected chi connectivity index (χ0v) is 13.3. The molecular formula is C14H17BrN2OS. The molecule has 0 unspecified atom stereocenters. The first-order chi connectivity index (χ1) is 9.15. The molecule has 1 saturated heterocycles. The van der Waals surface area contributed by atoms with Gasteiger partial charge in [0.2, 0.25) is 0 Å². The van der Waals surface area contributed by atoms with Crippen molar-refractivity contribution in [1.82, 2.24) is 4.98 Å². The average Bonchev–Trinajstić information content (AvgIpc) is 2.79. The van der Waals surface area contributed by atoms with Crippen molar-refractivity contribution in [3.05, 3.63) is 22.7 Å². The molecule has 1 aliphatic heterocycles. The summed E-state index contributed by atoms with van der Waals surface area (Å²) >= 11 is 5.20. The largest absolute Gasteiger partial charge is 0.381 e. The van der Waals surface area contributed by atoms with Crippen LogP contribution in [0.5, 0.6) is 0 Å². The number of ether oxygens (including phenoxy) is 1. The molecule has 0 bridgehead atoms. The van der Waals surface area contributed by atoms with Crippen LogP contribution in [0.25, 0.3) is 10.2 Å². The van der Waals surface area contributed by atoms with Gasteiger partial charge in [-0.3, -0.25) is 0 Å². The van der Waals surface area contributed by atoms with Gasteiger partial charge in [-0.15, -0.1) is 0 Å². The van der Waals surface area contributed by atoms with E-state index < -0.39 is 0 Å². The Morgan fingerprint density at radius 3 is 3.00 bits per heavy atom. The van der Waals surface area contributed by atoms with Gasteiger partial charge in [0.25, 0.3) is 0 Å². The SMILES string of the molecule is CC1(CNc2nc3cc(Br)ccc3s2)CCOCC1. The molecule has 0 amide bonds. The van der Waals surface area contributed by atoms with Crippen molar-refractivity contribution in [2.24, 2.45) is 5.41 Å². The van der Waals surface area contributed by atoms with Gasteiger partial charge in [-0.2, -0.15) is 0 Å². The van der Waals surface area contributed by atoms with Crippen LogP contribution in [-0.4, -0.2) is 24.7 Å². The minimum absolute atomic E-state index is 0.330. The van der Waals surface area contributed by atoms with E-state index in [1.807, 2.05) is 0 Å². The predicted octanol–water partition coefficient (Wildman–Crippen LogP) is 4.29. The van der Waals surface area contributed by atoms with E-state index in [1.54, 1.807) is 11.3 Å². The van der Waals surface area contributed by atoms with E-state index >= 15 is 0 Å². The highest BCUT2D eigenvalue weighted by Gasteiger charge is 2.27. The summed E-state index contributed by atoms with van der Waals surface area (Å²) in [4.78, 5) is 4.64. The van der Waals surface area contributed by atoms with Crippen molar-refractivity contribution < 1.29 is 4.74 Å². The standard InChI is InChI=1S/C14H17BrN2OS/c1-14(4-6-18-7-5-14)9-16-13-17-11-8-10(15)2-3-12(11)19-13/h2-3,8H,4-7,9H2,1H3,(H,16,17). The molecule has 1 aliphatic rings. The van der Waals surface area contributed by atoms with Gasteiger partial charge < -0.3 is 10.1 Å². The van der Waals surface area contributed by atoms with Gasteiger partial charge in [-0.05, 0) is 36.5 Å².